The molecule has 0 spiro atoms. The smallest absolute Gasteiger partial charge is 0.324 e. The lowest BCUT2D eigenvalue weighted by atomic mass is 10.0. The zero-order valence-electron chi connectivity index (χ0n) is 11.8. The van der Waals surface area contributed by atoms with Crippen LogP contribution in [0.4, 0.5) is 0 Å². The van der Waals surface area contributed by atoms with Crippen LogP contribution in [0.2, 0.25) is 0 Å². The Morgan fingerprint density at radius 3 is 2.25 bits per heavy atom. The standard InChI is InChI=1S/C15H21NO4/c1-10(2)7-11-3-5-12(6-4-11)8-14(17)20-9-13(16)15(18)19/h3-6,10,13H,7-9,16H2,1-2H3,(H,18,19)/t13-/m0/s1. The van der Waals surface area contributed by atoms with Crippen molar-refractivity contribution in [1.82, 2.24) is 0 Å². The molecule has 0 heterocycles. The fourth-order valence-electron chi connectivity index (χ4n) is 1.74. The van der Waals surface area contributed by atoms with Crippen LogP contribution in [-0.2, 0) is 27.2 Å². The Bertz CT molecular complexity index is 453. The van der Waals surface area contributed by atoms with Gasteiger partial charge in [0.25, 0.3) is 0 Å². The summed E-state index contributed by atoms with van der Waals surface area (Å²) in [4.78, 5) is 22.0. The summed E-state index contributed by atoms with van der Waals surface area (Å²) in [6.45, 7) is 3.99. The van der Waals surface area contributed by atoms with Gasteiger partial charge in [-0.25, -0.2) is 0 Å². The molecule has 0 aromatic heterocycles. The Kier molecular flexibility index (Phi) is 6.18. The van der Waals surface area contributed by atoms with Gasteiger partial charge in [0.15, 0.2) is 0 Å². The first-order valence-corrected chi connectivity index (χ1v) is 6.60. The number of esters is 1. The van der Waals surface area contributed by atoms with Crippen molar-refractivity contribution < 1.29 is 19.4 Å². The maximum atomic E-state index is 11.5. The van der Waals surface area contributed by atoms with Crippen molar-refractivity contribution in [3.63, 3.8) is 0 Å². The van der Waals surface area contributed by atoms with Crippen molar-refractivity contribution in [2.75, 3.05) is 6.61 Å². The fourth-order valence-corrected chi connectivity index (χ4v) is 1.74. The van der Waals surface area contributed by atoms with Crippen molar-refractivity contribution in [1.29, 1.82) is 0 Å². The molecule has 1 aromatic carbocycles. The molecule has 0 fully saturated rings. The zero-order chi connectivity index (χ0) is 15.1. The first-order chi connectivity index (χ1) is 9.38. The lowest BCUT2D eigenvalue weighted by Gasteiger charge is -2.09. The van der Waals surface area contributed by atoms with E-state index >= 15 is 0 Å². The van der Waals surface area contributed by atoms with E-state index < -0.39 is 18.0 Å². The van der Waals surface area contributed by atoms with Crippen LogP contribution in [0.1, 0.15) is 25.0 Å². The quantitative estimate of drug-likeness (QED) is 0.736. The Morgan fingerprint density at radius 1 is 1.20 bits per heavy atom. The van der Waals surface area contributed by atoms with Gasteiger partial charge in [-0.05, 0) is 23.5 Å². The summed E-state index contributed by atoms with van der Waals surface area (Å²) in [6.07, 6.45) is 1.12. The van der Waals surface area contributed by atoms with Gasteiger partial charge >= 0.3 is 11.9 Å². The van der Waals surface area contributed by atoms with E-state index in [1.165, 1.54) is 5.56 Å². The van der Waals surface area contributed by atoms with Gasteiger partial charge in [-0.2, -0.15) is 0 Å². The minimum atomic E-state index is -1.18. The summed E-state index contributed by atoms with van der Waals surface area (Å²) in [6, 6.07) is 6.58. The van der Waals surface area contributed by atoms with Crippen LogP contribution >= 0.6 is 0 Å². The van der Waals surface area contributed by atoms with E-state index in [4.69, 9.17) is 15.6 Å². The van der Waals surface area contributed by atoms with Crippen LogP contribution in [0.5, 0.6) is 0 Å². The fraction of sp³-hybridized carbons (Fsp3) is 0.467. The van der Waals surface area contributed by atoms with Crippen LogP contribution in [0.25, 0.3) is 0 Å². The molecule has 20 heavy (non-hydrogen) atoms. The van der Waals surface area contributed by atoms with E-state index in [1.54, 1.807) is 0 Å². The lowest BCUT2D eigenvalue weighted by Crippen LogP contribution is -2.35. The number of nitrogens with two attached hydrogens (primary N) is 1. The number of carbonyl (C=O) groups is 2. The molecule has 0 aliphatic heterocycles. The monoisotopic (exact) mass is 279 g/mol. The third kappa shape index (κ3) is 5.84. The molecule has 110 valence electrons. The van der Waals surface area contributed by atoms with Gasteiger partial charge in [-0.3, -0.25) is 9.59 Å². The second-order valence-corrected chi connectivity index (χ2v) is 5.22. The molecular weight excluding hydrogens is 258 g/mol. The number of hydrogen-bond donors (Lipinski definition) is 2. The van der Waals surface area contributed by atoms with Crippen LogP contribution in [0.3, 0.4) is 0 Å². The van der Waals surface area contributed by atoms with Gasteiger partial charge in [0.2, 0.25) is 0 Å². The maximum Gasteiger partial charge on any atom is 0.324 e. The minimum Gasteiger partial charge on any atom is -0.480 e. The molecule has 1 aromatic rings. The average Bonchev–Trinajstić information content (AvgIpc) is 2.37. The molecule has 5 nitrogen and oxygen atoms in total. The van der Waals surface area contributed by atoms with E-state index in [9.17, 15) is 9.59 Å². The molecular formula is C15H21NO4. The van der Waals surface area contributed by atoms with Crippen molar-refractivity contribution in [3.05, 3.63) is 35.4 Å². The van der Waals surface area contributed by atoms with Crippen molar-refractivity contribution in [3.8, 4) is 0 Å². The molecule has 0 aliphatic carbocycles. The number of aliphatic carboxylic acids is 1. The van der Waals surface area contributed by atoms with Gasteiger partial charge in [-0.15, -0.1) is 0 Å². The minimum absolute atomic E-state index is 0.119. The van der Waals surface area contributed by atoms with Crippen molar-refractivity contribution in [2.45, 2.75) is 32.7 Å². The molecule has 0 radical (unpaired) electrons. The molecule has 0 aliphatic rings. The SMILES string of the molecule is CC(C)Cc1ccc(CC(=O)OC[C@H](N)C(=O)O)cc1. The molecule has 0 saturated carbocycles. The van der Waals surface area contributed by atoms with E-state index in [0.29, 0.717) is 5.92 Å². The Labute approximate surface area is 118 Å². The number of benzene rings is 1. The second kappa shape index (κ2) is 7.65. The molecule has 1 atom stereocenters. The van der Waals surface area contributed by atoms with Crippen LogP contribution in [-0.4, -0.2) is 29.7 Å². The first kappa shape index (κ1) is 16.2. The Balaban J connectivity index is 2.44. The molecule has 1 rings (SSSR count). The highest BCUT2D eigenvalue weighted by molar-refractivity contribution is 5.75. The summed E-state index contributed by atoms with van der Waals surface area (Å²) in [7, 11) is 0. The van der Waals surface area contributed by atoms with Gasteiger partial charge in [0.05, 0.1) is 6.42 Å². The summed E-state index contributed by atoms with van der Waals surface area (Å²) < 4.78 is 4.82. The van der Waals surface area contributed by atoms with E-state index in [1.807, 2.05) is 24.3 Å². The third-order valence-electron chi connectivity index (χ3n) is 2.76. The van der Waals surface area contributed by atoms with E-state index in [-0.39, 0.29) is 13.0 Å². The average molecular weight is 279 g/mol. The summed E-state index contributed by atoms with van der Waals surface area (Å²) >= 11 is 0. The first-order valence-electron chi connectivity index (χ1n) is 6.60. The summed E-state index contributed by atoms with van der Waals surface area (Å²) in [5.74, 6) is -1.07. The summed E-state index contributed by atoms with van der Waals surface area (Å²) in [5, 5.41) is 8.57. The largest absolute Gasteiger partial charge is 0.480 e. The Morgan fingerprint density at radius 2 is 1.75 bits per heavy atom. The number of carbonyl (C=O) groups excluding carboxylic acids is 1. The predicted molar refractivity (Wildman–Crippen MR) is 75.3 cm³/mol. The van der Waals surface area contributed by atoms with Crippen LogP contribution in [0.15, 0.2) is 24.3 Å². The molecule has 0 bridgehead atoms. The molecule has 5 heteroatoms. The zero-order valence-corrected chi connectivity index (χ0v) is 11.8. The molecule has 0 saturated heterocycles. The van der Waals surface area contributed by atoms with E-state index in [2.05, 4.69) is 13.8 Å². The van der Waals surface area contributed by atoms with Crippen LogP contribution < -0.4 is 5.73 Å². The Hall–Kier alpha value is -1.88. The van der Waals surface area contributed by atoms with Gasteiger partial charge in [-0.1, -0.05) is 38.1 Å². The van der Waals surface area contributed by atoms with Gasteiger partial charge < -0.3 is 15.6 Å². The highest BCUT2D eigenvalue weighted by atomic mass is 16.5. The van der Waals surface area contributed by atoms with Gasteiger partial charge in [0.1, 0.15) is 12.6 Å². The van der Waals surface area contributed by atoms with Crippen molar-refractivity contribution >= 4 is 11.9 Å². The molecule has 0 unspecified atom stereocenters. The van der Waals surface area contributed by atoms with Crippen molar-refractivity contribution in [2.24, 2.45) is 11.7 Å². The maximum absolute atomic E-state index is 11.5. The normalized spacial score (nSPS) is 12.2. The summed E-state index contributed by atoms with van der Waals surface area (Å²) in [5.41, 5.74) is 7.31. The van der Waals surface area contributed by atoms with E-state index in [0.717, 1.165) is 12.0 Å². The van der Waals surface area contributed by atoms with Gasteiger partial charge in [0, 0.05) is 0 Å². The number of carboxylic acids is 1. The molecule has 0 amide bonds. The highest BCUT2D eigenvalue weighted by Crippen LogP contribution is 2.10. The highest BCUT2D eigenvalue weighted by Gasteiger charge is 2.14. The number of ether oxygens (including phenoxy) is 1. The topological polar surface area (TPSA) is 89.6 Å². The molecule has 3 N–H and O–H groups in total. The predicted octanol–water partition coefficient (Wildman–Crippen LogP) is 1.38. The lowest BCUT2D eigenvalue weighted by molar-refractivity contribution is -0.147. The number of hydrogen-bond acceptors (Lipinski definition) is 4. The number of carboxylic acid groups (broad SMARTS) is 1. The van der Waals surface area contributed by atoms with Crippen LogP contribution in [0, 0.1) is 5.92 Å². The number of rotatable bonds is 7. The second-order valence-electron chi connectivity index (χ2n) is 5.22. The third-order valence-corrected chi connectivity index (χ3v) is 2.76.